The minimum atomic E-state index is -0.393. The van der Waals surface area contributed by atoms with Gasteiger partial charge in [0.15, 0.2) is 0 Å². The summed E-state index contributed by atoms with van der Waals surface area (Å²) in [6.07, 6.45) is 20.6. The second-order valence-corrected chi connectivity index (χ2v) is 8.55. The van der Waals surface area contributed by atoms with Crippen LogP contribution in [0.3, 0.4) is 0 Å². The number of rotatable bonds is 18. The van der Waals surface area contributed by atoms with Crippen LogP contribution in [0, 0.1) is 6.92 Å². The van der Waals surface area contributed by atoms with Gasteiger partial charge in [0.05, 0.1) is 11.6 Å². The lowest BCUT2D eigenvalue weighted by atomic mass is 9.88. The Bertz CT molecular complexity index is 650. The Morgan fingerprint density at radius 3 is 1.87 bits per heavy atom. The second-order valence-electron chi connectivity index (χ2n) is 8.55. The number of hydrogen-bond donors (Lipinski definition) is 1. The van der Waals surface area contributed by atoms with E-state index >= 15 is 0 Å². The highest BCUT2D eigenvalue weighted by Gasteiger charge is 2.22. The molecule has 1 unspecified atom stereocenters. The van der Waals surface area contributed by atoms with Crippen LogP contribution in [0.25, 0.3) is 0 Å². The number of aryl methyl sites for hydroxylation is 1. The van der Waals surface area contributed by atoms with Crippen molar-refractivity contribution < 1.29 is 9.59 Å². The Kier molecular flexibility index (Phi) is 14.6. The molecule has 0 heterocycles. The van der Waals surface area contributed by atoms with Gasteiger partial charge in [-0.3, -0.25) is 4.79 Å². The standard InChI is InChI=1S/C26H42N2O2/c1-3-4-5-6-7-8-9-10-11-12-13-14-15-16-19-23(26(27)30)25-22(2)18-17-20-24(25)28-21-29/h17-18,20,23H,3-16,19H2,1-2H3,(H2,27,30). The summed E-state index contributed by atoms with van der Waals surface area (Å²) < 4.78 is 0. The van der Waals surface area contributed by atoms with Crippen molar-refractivity contribution in [2.45, 2.75) is 116 Å². The van der Waals surface area contributed by atoms with E-state index in [0.717, 1.165) is 24.0 Å². The average Bonchev–Trinajstić information content (AvgIpc) is 2.72. The SMILES string of the molecule is CCCCCCCCCCCCCCCCC(C(N)=O)c1c(C)cccc1N=C=O. The van der Waals surface area contributed by atoms with Gasteiger partial charge in [-0.15, -0.1) is 0 Å². The van der Waals surface area contributed by atoms with Gasteiger partial charge in [0.1, 0.15) is 0 Å². The predicted octanol–water partition coefficient (Wildman–Crippen LogP) is 7.40. The smallest absolute Gasteiger partial charge is 0.240 e. The number of unbranched alkanes of at least 4 members (excludes halogenated alkanes) is 13. The van der Waals surface area contributed by atoms with Crippen LogP contribution in [0.4, 0.5) is 5.69 Å². The molecular formula is C26H42N2O2. The summed E-state index contributed by atoms with van der Waals surface area (Å²) in [6.45, 7) is 4.20. The van der Waals surface area contributed by atoms with Crippen molar-refractivity contribution in [1.29, 1.82) is 0 Å². The van der Waals surface area contributed by atoms with Gasteiger partial charge >= 0.3 is 0 Å². The van der Waals surface area contributed by atoms with Gasteiger partial charge in [-0.25, -0.2) is 4.79 Å². The number of primary amides is 1. The summed E-state index contributed by atoms with van der Waals surface area (Å²) in [6, 6.07) is 5.51. The maximum Gasteiger partial charge on any atom is 0.240 e. The van der Waals surface area contributed by atoms with Crippen molar-refractivity contribution in [3.05, 3.63) is 29.3 Å². The third-order valence-electron chi connectivity index (χ3n) is 6.01. The van der Waals surface area contributed by atoms with E-state index in [1.54, 1.807) is 12.1 Å². The monoisotopic (exact) mass is 414 g/mol. The molecule has 4 heteroatoms. The van der Waals surface area contributed by atoms with E-state index in [9.17, 15) is 9.59 Å². The Morgan fingerprint density at radius 1 is 0.900 bits per heavy atom. The molecule has 4 nitrogen and oxygen atoms in total. The van der Waals surface area contributed by atoms with E-state index in [2.05, 4.69) is 11.9 Å². The van der Waals surface area contributed by atoms with Crippen LogP contribution >= 0.6 is 0 Å². The van der Waals surface area contributed by atoms with Gasteiger partial charge in [0, 0.05) is 0 Å². The van der Waals surface area contributed by atoms with Gasteiger partial charge < -0.3 is 5.73 Å². The zero-order chi connectivity index (χ0) is 22.0. The molecule has 0 saturated heterocycles. The minimum absolute atomic E-state index is 0.346. The van der Waals surface area contributed by atoms with Crippen LogP contribution in [-0.2, 0) is 9.59 Å². The summed E-state index contributed by atoms with van der Waals surface area (Å²) in [5.74, 6) is -0.739. The van der Waals surface area contributed by atoms with Gasteiger partial charge in [-0.2, -0.15) is 4.99 Å². The highest BCUT2D eigenvalue weighted by Crippen LogP contribution is 2.33. The maximum atomic E-state index is 12.1. The summed E-state index contributed by atoms with van der Waals surface area (Å²) in [5.41, 5.74) is 7.92. The summed E-state index contributed by atoms with van der Waals surface area (Å²) >= 11 is 0. The zero-order valence-electron chi connectivity index (χ0n) is 19.3. The Labute approximate surface area is 183 Å². The minimum Gasteiger partial charge on any atom is -0.369 e. The molecule has 0 aliphatic heterocycles. The maximum absolute atomic E-state index is 12.1. The van der Waals surface area contributed by atoms with Crippen LogP contribution in [-0.4, -0.2) is 12.0 Å². The largest absolute Gasteiger partial charge is 0.369 e. The highest BCUT2D eigenvalue weighted by atomic mass is 16.1. The molecule has 0 saturated carbocycles. The number of isocyanates is 1. The average molecular weight is 415 g/mol. The molecule has 0 fully saturated rings. The fourth-order valence-corrected chi connectivity index (χ4v) is 4.24. The predicted molar refractivity (Wildman–Crippen MR) is 126 cm³/mol. The van der Waals surface area contributed by atoms with E-state index in [-0.39, 0.29) is 5.91 Å². The van der Waals surface area contributed by atoms with Crippen LogP contribution in [0.15, 0.2) is 23.2 Å². The molecule has 0 aromatic heterocycles. The molecule has 1 rings (SSSR count). The van der Waals surface area contributed by atoms with E-state index in [0.29, 0.717) is 12.1 Å². The molecular weight excluding hydrogens is 372 g/mol. The molecule has 0 aliphatic carbocycles. The first-order valence-electron chi connectivity index (χ1n) is 12.1. The van der Waals surface area contributed by atoms with E-state index in [4.69, 9.17) is 5.73 Å². The fraction of sp³-hybridized carbons (Fsp3) is 0.692. The van der Waals surface area contributed by atoms with E-state index < -0.39 is 5.92 Å². The number of nitrogens with two attached hydrogens (primary N) is 1. The van der Waals surface area contributed by atoms with E-state index in [1.165, 1.54) is 77.0 Å². The van der Waals surface area contributed by atoms with Crippen molar-refractivity contribution in [1.82, 2.24) is 0 Å². The number of nitrogens with zero attached hydrogens (tertiary/aromatic N) is 1. The Morgan fingerprint density at radius 2 is 1.40 bits per heavy atom. The highest BCUT2D eigenvalue weighted by molar-refractivity contribution is 5.84. The number of carbonyl (C=O) groups is 1. The first-order valence-corrected chi connectivity index (χ1v) is 12.1. The van der Waals surface area contributed by atoms with Gasteiger partial charge in [0.25, 0.3) is 0 Å². The molecule has 168 valence electrons. The number of carbonyl (C=O) groups excluding carboxylic acids is 2. The molecule has 30 heavy (non-hydrogen) atoms. The first kappa shape index (κ1) is 26.1. The molecule has 0 spiro atoms. The number of amides is 1. The van der Waals surface area contributed by atoms with Gasteiger partial charge in [-0.05, 0) is 30.5 Å². The lowest BCUT2D eigenvalue weighted by Crippen LogP contribution is -2.22. The number of hydrogen-bond acceptors (Lipinski definition) is 3. The van der Waals surface area contributed by atoms with Crippen LogP contribution in [0.2, 0.25) is 0 Å². The van der Waals surface area contributed by atoms with Crippen molar-refractivity contribution in [2.24, 2.45) is 10.7 Å². The van der Waals surface area contributed by atoms with Crippen molar-refractivity contribution in [3.63, 3.8) is 0 Å². The number of aliphatic imine (C=N–C) groups is 1. The summed E-state index contributed by atoms with van der Waals surface area (Å²) in [7, 11) is 0. The van der Waals surface area contributed by atoms with Gasteiger partial charge in [-0.1, -0.05) is 109 Å². The second kappa shape index (κ2) is 16.8. The summed E-state index contributed by atoms with van der Waals surface area (Å²) in [4.78, 5) is 26.6. The molecule has 1 atom stereocenters. The van der Waals surface area contributed by atoms with Crippen molar-refractivity contribution in [3.8, 4) is 0 Å². The lowest BCUT2D eigenvalue weighted by Gasteiger charge is -2.18. The van der Waals surface area contributed by atoms with E-state index in [1.807, 2.05) is 19.1 Å². The van der Waals surface area contributed by atoms with Crippen LogP contribution in [0.5, 0.6) is 0 Å². The molecule has 1 amide bonds. The zero-order valence-corrected chi connectivity index (χ0v) is 19.3. The van der Waals surface area contributed by atoms with Gasteiger partial charge in [0.2, 0.25) is 12.0 Å². The topological polar surface area (TPSA) is 72.5 Å². The number of benzene rings is 1. The first-order chi connectivity index (χ1) is 14.6. The molecule has 0 bridgehead atoms. The lowest BCUT2D eigenvalue weighted by molar-refractivity contribution is -0.119. The quantitative estimate of drug-likeness (QED) is 0.154. The fourth-order valence-electron chi connectivity index (χ4n) is 4.24. The third kappa shape index (κ3) is 10.7. The molecule has 2 N–H and O–H groups in total. The van der Waals surface area contributed by atoms with Crippen molar-refractivity contribution >= 4 is 17.7 Å². The summed E-state index contributed by atoms with van der Waals surface area (Å²) in [5, 5.41) is 0. The molecule has 1 aromatic rings. The van der Waals surface area contributed by atoms with Crippen LogP contribution in [0.1, 0.15) is 120 Å². The Hall–Kier alpha value is -1.93. The third-order valence-corrected chi connectivity index (χ3v) is 6.01. The van der Waals surface area contributed by atoms with Crippen molar-refractivity contribution in [2.75, 3.05) is 0 Å². The molecule has 0 aliphatic rings. The molecule has 0 radical (unpaired) electrons. The Balaban J connectivity index is 2.21. The van der Waals surface area contributed by atoms with Crippen LogP contribution < -0.4 is 5.73 Å². The molecule has 1 aromatic carbocycles. The normalized spacial score (nSPS) is 11.8.